The van der Waals surface area contributed by atoms with Crippen molar-refractivity contribution in [2.75, 3.05) is 34.0 Å². The molecular weight excluding hydrogens is 486 g/mol. The van der Waals surface area contributed by atoms with Crippen LogP contribution in [0.15, 0.2) is 42.5 Å². The van der Waals surface area contributed by atoms with Crippen LogP contribution >= 0.6 is 0 Å². The molecular formula is C28H37N5O5. The fourth-order valence-electron chi connectivity index (χ4n) is 4.99. The molecule has 0 aliphatic heterocycles. The van der Waals surface area contributed by atoms with Crippen molar-refractivity contribution in [1.82, 2.24) is 25.2 Å². The lowest BCUT2D eigenvalue weighted by molar-refractivity contribution is -0.142. The molecule has 38 heavy (non-hydrogen) atoms. The van der Waals surface area contributed by atoms with E-state index in [0.29, 0.717) is 48.8 Å². The molecule has 1 aliphatic carbocycles. The third-order valence-corrected chi connectivity index (χ3v) is 6.91. The Kier molecular flexibility index (Phi) is 9.53. The number of hydrogen-bond donors (Lipinski definition) is 1. The highest BCUT2D eigenvalue weighted by Crippen LogP contribution is 2.34. The van der Waals surface area contributed by atoms with Gasteiger partial charge in [0.05, 0.1) is 19.7 Å². The molecule has 0 spiro atoms. The maximum atomic E-state index is 14.0. The second-order valence-electron chi connectivity index (χ2n) is 9.37. The molecule has 1 aromatic heterocycles. The average Bonchev–Trinajstić information content (AvgIpc) is 3.60. The van der Waals surface area contributed by atoms with E-state index in [1.54, 1.807) is 42.0 Å². The van der Waals surface area contributed by atoms with Crippen molar-refractivity contribution in [3.8, 4) is 11.5 Å². The highest BCUT2D eigenvalue weighted by molar-refractivity contribution is 5.90. The van der Waals surface area contributed by atoms with Gasteiger partial charge in [0.25, 0.3) is 0 Å². The van der Waals surface area contributed by atoms with Gasteiger partial charge in [0.2, 0.25) is 11.8 Å². The van der Waals surface area contributed by atoms with E-state index >= 15 is 0 Å². The minimum atomic E-state index is -0.926. The van der Waals surface area contributed by atoms with Crippen molar-refractivity contribution >= 4 is 22.8 Å². The highest BCUT2D eigenvalue weighted by Gasteiger charge is 2.35. The molecule has 1 unspecified atom stereocenters. The van der Waals surface area contributed by atoms with Crippen LogP contribution in [0.5, 0.6) is 11.5 Å². The van der Waals surface area contributed by atoms with Crippen LogP contribution in [0, 0.1) is 0 Å². The van der Waals surface area contributed by atoms with Crippen molar-refractivity contribution in [2.45, 2.75) is 57.7 Å². The molecule has 1 fully saturated rings. The van der Waals surface area contributed by atoms with Crippen LogP contribution in [-0.2, 0) is 20.9 Å². The summed E-state index contributed by atoms with van der Waals surface area (Å²) in [5.41, 5.74) is 2.02. The number of benzene rings is 2. The van der Waals surface area contributed by atoms with E-state index in [1.807, 2.05) is 31.2 Å². The Balaban J connectivity index is 1.72. The van der Waals surface area contributed by atoms with Gasteiger partial charge in [-0.05, 0) is 56.5 Å². The average molecular weight is 524 g/mol. The van der Waals surface area contributed by atoms with Crippen LogP contribution in [0.4, 0.5) is 0 Å². The van der Waals surface area contributed by atoms with E-state index < -0.39 is 6.04 Å². The molecule has 1 saturated carbocycles. The van der Waals surface area contributed by atoms with E-state index in [0.717, 1.165) is 31.2 Å². The predicted octanol–water partition coefficient (Wildman–Crippen LogP) is 3.50. The van der Waals surface area contributed by atoms with Gasteiger partial charge in [-0.1, -0.05) is 30.2 Å². The summed E-state index contributed by atoms with van der Waals surface area (Å²) in [6.45, 7) is 3.23. The van der Waals surface area contributed by atoms with Crippen molar-refractivity contribution in [3.05, 3.63) is 48.0 Å². The fraction of sp³-hybridized carbons (Fsp3) is 0.500. The topological polar surface area (TPSA) is 108 Å². The molecule has 3 aromatic rings. The quantitative estimate of drug-likeness (QED) is 0.342. The number of fused-ring (bicyclic) bond motifs is 1. The Morgan fingerprint density at radius 2 is 1.92 bits per heavy atom. The lowest BCUT2D eigenvalue weighted by Gasteiger charge is -2.33. The number of ether oxygens (including phenoxy) is 3. The van der Waals surface area contributed by atoms with Crippen LogP contribution in [0.25, 0.3) is 11.0 Å². The molecule has 1 heterocycles. The molecule has 1 N–H and O–H groups in total. The van der Waals surface area contributed by atoms with Gasteiger partial charge in [-0.25, -0.2) is 4.68 Å². The maximum absolute atomic E-state index is 14.0. The summed E-state index contributed by atoms with van der Waals surface area (Å²) in [4.78, 5) is 29.5. The minimum Gasteiger partial charge on any atom is -0.497 e. The van der Waals surface area contributed by atoms with Crippen molar-refractivity contribution in [2.24, 2.45) is 0 Å². The van der Waals surface area contributed by atoms with E-state index in [-0.39, 0.29) is 24.4 Å². The predicted molar refractivity (Wildman–Crippen MR) is 143 cm³/mol. The van der Waals surface area contributed by atoms with Gasteiger partial charge in [0.1, 0.15) is 29.6 Å². The van der Waals surface area contributed by atoms with E-state index in [2.05, 4.69) is 15.6 Å². The number of rotatable bonds is 13. The summed E-state index contributed by atoms with van der Waals surface area (Å²) in [5, 5.41) is 11.6. The fourth-order valence-corrected chi connectivity index (χ4v) is 4.99. The third-order valence-electron chi connectivity index (χ3n) is 6.91. The number of carbonyl (C=O) groups is 2. The number of aromatic nitrogens is 3. The Morgan fingerprint density at radius 1 is 1.13 bits per heavy atom. The molecule has 10 heteroatoms. The number of amides is 2. The van der Waals surface area contributed by atoms with Crippen LogP contribution in [0.3, 0.4) is 0 Å². The zero-order valence-electron chi connectivity index (χ0n) is 22.4. The monoisotopic (exact) mass is 523 g/mol. The lowest BCUT2D eigenvalue weighted by Crippen LogP contribution is -2.47. The zero-order valence-corrected chi connectivity index (χ0v) is 22.4. The molecule has 2 aromatic carbocycles. The first-order valence-electron chi connectivity index (χ1n) is 13.2. The SMILES string of the molecule is CCOCCCN(C(=O)Cn1nnc2ccccc21)C(C(=O)NC1CCCC1)c1cc(OC)ccc1OC. The Hall–Kier alpha value is -3.66. The molecule has 0 bridgehead atoms. The Labute approximate surface area is 223 Å². The van der Waals surface area contributed by atoms with Crippen LogP contribution in [-0.4, -0.2) is 71.7 Å². The van der Waals surface area contributed by atoms with Crippen molar-refractivity contribution in [3.63, 3.8) is 0 Å². The number of carbonyl (C=O) groups excluding carboxylic acids is 2. The summed E-state index contributed by atoms with van der Waals surface area (Å²) in [7, 11) is 3.13. The largest absolute Gasteiger partial charge is 0.497 e. The van der Waals surface area contributed by atoms with Crippen LogP contribution < -0.4 is 14.8 Å². The maximum Gasteiger partial charge on any atom is 0.247 e. The summed E-state index contributed by atoms with van der Waals surface area (Å²) in [5.74, 6) is 0.583. The number of nitrogens with zero attached hydrogens (tertiary/aromatic N) is 4. The summed E-state index contributed by atoms with van der Waals surface area (Å²) in [6, 6.07) is 11.9. The number of nitrogens with one attached hydrogen (secondary N) is 1. The summed E-state index contributed by atoms with van der Waals surface area (Å²) >= 11 is 0. The second kappa shape index (κ2) is 13.2. The summed E-state index contributed by atoms with van der Waals surface area (Å²) < 4.78 is 18.3. The van der Waals surface area contributed by atoms with E-state index in [9.17, 15) is 9.59 Å². The first-order valence-corrected chi connectivity index (χ1v) is 13.2. The summed E-state index contributed by atoms with van der Waals surface area (Å²) in [6.07, 6.45) is 4.58. The first-order chi connectivity index (χ1) is 18.5. The van der Waals surface area contributed by atoms with Gasteiger partial charge in [-0.15, -0.1) is 5.10 Å². The normalized spacial score (nSPS) is 14.4. The Bertz CT molecular complexity index is 1220. The number of para-hydroxylation sites is 1. The molecule has 0 radical (unpaired) electrons. The van der Waals surface area contributed by atoms with Crippen molar-refractivity contribution in [1.29, 1.82) is 0 Å². The standard InChI is InChI=1S/C28H37N5O5/c1-4-38-17-9-16-32(26(34)19-33-24-13-8-7-12-23(24)30-31-33)27(28(35)29-20-10-5-6-11-20)22-18-21(36-2)14-15-25(22)37-3/h7-8,12-15,18,20,27H,4-6,9-11,16-17,19H2,1-3H3,(H,29,35). The first kappa shape index (κ1) is 27.4. The molecule has 1 atom stereocenters. The van der Waals surface area contributed by atoms with Crippen molar-refractivity contribution < 1.29 is 23.8 Å². The molecule has 4 rings (SSSR count). The Morgan fingerprint density at radius 3 is 2.66 bits per heavy atom. The number of hydrogen-bond acceptors (Lipinski definition) is 7. The molecule has 10 nitrogen and oxygen atoms in total. The number of methoxy groups -OCH3 is 2. The van der Waals surface area contributed by atoms with Gasteiger partial charge in [-0.2, -0.15) is 0 Å². The van der Waals surface area contributed by atoms with E-state index in [1.165, 1.54) is 0 Å². The molecule has 0 saturated heterocycles. The van der Waals surface area contributed by atoms with Gasteiger partial charge in [0.15, 0.2) is 0 Å². The van der Waals surface area contributed by atoms with E-state index in [4.69, 9.17) is 14.2 Å². The van der Waals surface area contributed by atoms with Crippen LogP contribution in [0.1, 0.15) is 50.6 Å². The zero-order chi connectivity index (χ0) is 26.9. The second-order valence-corrected chi connectivity index (χ2v) is 9.37. The van der Waals surface area contributed by atoms with Gasteiger partial charge >= 0.3 is 0 Å². The highest BCUT2D eigenvalue weighted by atomic mass is 16.5. The lowest BCUT2D eigenvalue weighted by atomic mass is 10.0. The minimum absolute atomic E-state index is 0.0609. The van der Waals surface area contributed by atoms with Gasteiger partial charge in [-0.3, -0.25) is 9.59 Å². The molecule has 1 aliphatic rings. The molecule has 2 amide bonds. The van der Waals surface area contributed by atoms with Gasteiger partial charge in [0, 0.05) is 31.4 Å². The third kappa shape index (κ3) is 6.42. The van der Waals surface area contributed by atoms with Crippen LogP contribution in [0.2, 0.25) is 0 Å². The molecule has 204 valence electrons. The van der Waals surface area contributed by atoms with Gasteiger partial charge < -0.3 is 24.4 Å². The smallest absolute Gasteiger partial charge is 0.247 e.